The van der Waals surface area contributed by atoms with E-state index in [1.807, 2.05) is 18.8 Å². The van der Waals surface area contributed by atoms with E-state index in [-0.39, 0.29) is 10.6 Å². The van der Waals surface area contributed by atoms with Crippen molar-refractivity contribution in [3.8, 4) is 0 Å². The van der Waals surface area contributed by atoms with Crippen LogP contribution in [0, 0.1) is 6.92 Å². The van der Waals surface area contributed by atoms with E-state index in [0.717, 1.165) is 19.5 Å². The van der Waals surface area contributed by atoms with Crippen molar-refractivity contribution < 1.29 is 10.1 Å². The lowest BCUT2D eigenvalue weighted by atomic mass is 10.1. The molecule has 2 N–H and O–H groups in total. The van der Waals surface area contributed by atoms with Crippen molar-refractivity contribution >= 4 is 17.7 Å². The Morgan fingerprint density at radius 2 is 2.11 bits per heavy atom. The summed E-state index contributed by atoms with van der Waals surface area (Å²) in [5.74, 6) is 0.308. The van der Waals surface area contributed by atoms with Gasteiger partial charge in [-0.05, 0) is 24.5 Å². The number of hydrogen-bond donors (Lipinski definition) is 1. The fourth-order valence-electron chi connectivity index (χ4n) is 2.46. The van der Waals surface area contributed by atoms with Crippen molar-refractivity contribution in [3.63, 3.8) is 0 Å². The summed E-state index contributed by atoms with van der Waals surface area (Å²) in [5.41, 5.74) is 2.56. The van der Waals surface area contributed by atoms with Gasteiger partial charge < -0.3 is 10.2 Å². The van der Waals surface area contributed by atoms with Gasteiger partial charge in [0.25, 0.3) is 0 Å². The molecular weight excluding hydrogens is 256 g/mol. The molecule has 0 aromatic heterocycles. The molecule has 1 aromatic carbocycles. The minimum Gasteiger partial charge on any atom is -0.347 e. The average Bonchev–Trinajstić information content (AvgIpc) is 2.73. The molecule has 1 aliphatic rings. The van der Waals surface area contributed by atoms with Gasteiger partial charge in [-0.2, -0.15) is 0 Å². The van der Waals surface area contributed by atoms with Crippen LogP contribution in [0.15, 0.2) is 24.3 Å². The maximum atomic E-state index is 12.4. The number of thioether (sulfide) groups is 1. The van der Waals surface area contributed by atoms with Gasteiger partial charge in [-0.25, -0.2) is 0 Å². The van der Waals surface area contributed by atoms with Crippen LogP contribution in [-0.4, -0.2) is 36.2 Å². The summed E-state index contributed by atoms with van der Waals surface area (Å²) in [6.07, 6.45) is 0.915. The maximum Gasteiger partial charge on any atom is 0.237 e. The highest BCUT2D eigenvalue weighted by Crippen LogP contribution is 2.44. The first kappa shape index (κ1) is 14.4. The molecular formula is C15H23N2OS+. The molecule has 1 fully saturated rings. The second kappa shape index (κ2) is 6.44. The molecule has 19 heavy (non-hydrogen) atoms. The summed E-state index contributed by atoms with van der Waals surface area (Å²) in [6.45, 7) is 6.02. The molecule has 2 atom stereocenters. The summed E-state index contributed by atoms with van der Waals surface area (Å²) in [4.78, 5) is 14.5. The lowest BCUT2D eigenvalue weighted by Gasteiger charge is -2.24. The highest BCUT2D eigenvalue weighted by atomic mass is 32.2. The van der Waals surface area contributed by atoms with Gasteiger partial charge in [-0.1, -0.05) is 31.2 Å². The summed E-state index contributed by atoms with van der Waals surface area (Å²) < 4.78 is 0. The molecule has 1 saturated heterocycles. The Morgan fingerprint density at radius 3 is 2.74 bits per heavy atom. The first-order chi connectivity index (χ1) is 9.19. The van der Waals surface area contributed by atoms with Gasteiger partial charge in [-0.3, -0.25) is 4.79 Å². The Balaban J connectivity index is 2.26. The number of carbonyl (C=O) groups excluding carboxylic acids is 1. The van der Waals surface area contributed by atoms with Crippen LogP contribution < -0.4 is 5.32 Å². The Kier molecular flexibility index (Phi) is 4.88. The van der Waals surface area contributed by atoms with Crippen molar-refractivity contribution in [1.82, 2.24) is 4.90 Å². The van der Waals surface area contributed by atoms with Gasteiger partial charge in [0.05, 0.1) is 25.4 Å². The number of nitrogens with two attached hydrogens (primary N) is 1. The first-order valence-corrected chi connectivity index (χ1v) is 7.92. The molecule has 2 rings (SSSR count). The zero-order valence-electron chi connectivity index (χ0n) is 11.9. The fraction of sp³-hybridized carbons (Fsp3) is 0.533. The van der Waals surface area contributed by atoms with E-state index in [0.29, 0.717) is 5.91 Å². The number of likely N-dealkylation sites (N-methyl/N-ethyl adjacent to an activating group) is 1. The molecule has 0 saturated carbocycles. The lowest BCUT2D eigenvalue weighted by Crippen LogP contribution is -2.81. The van der Waals surface area contributed by atoms with Crippen LogP contribution in [0.5, 0.6) is 0 Å². The molecule has 0 spiro atoms. The topological polar surface area (TPSA) is 36.9 Å². The average molecular weight is 279 g/mol. The van der Waals surface area contributed by atoms with E-state index in [2.05, 4.69) is 48.3 Å². The third kappa shape index (κ3) is 2.95. The van der Waals surface area contributed by atoms with Crippen LogP contribution in [0.3, 0.4) is 0 Å². The van der Waals surface area contributed by atoms with Crippen LogP contribution in [0.1, 0.15) is 29.8 Å². The number of aryl methyl sites for hydroxylation is 1. The van der Waals surface area contributed by atoms with Crippen molar-refractivity contribution in [2.75, 3.05) is 20.1 Å². The predicted molar refractivity (Wildman–Crippen MR) is 80.0 cm³/mol. The summed E-state index contributed by atoms with van der Waals surface area (Å²) in [5, 5.41) is 2.45. The van der Waals surface area contributed by atoms with E-state index in [1.54, 1.807) is 0 Å². The molecule has 1 amide bonds. The Bertz CT molecular complexity index is 450. The fourth-order valence-corrected chi connectivity index (χ4v) is 3.98. The van der Waals surface area contributed by atoms with Gasteiger partial charge in [0.15, 0.2) is 0 Å². The molecule has 3 nitrogen and oxygen atoms in total. The molecule has 0 aliphatic carbocycles. The summed E-state index contributed by atoms with van der Waals surface area (Å²) in [7, 11) is 2.05. The standard InChI is InChI=1S/C15H22N2OS/c1-4-13-14(18)17(10-9-16-3)15(19-13)12-8-6-5-7-11(12)2/h5-8,13,15-16H,4,9-10H2,1-3H3/p+1/t13-,15-/m1/s1. The number of nitrogens with zero attached hydrogens (tertiary/aromatic N) is 1. The molecule has 4 heteroatoms. The number of amides is 1. The van der Waals surface area contributed by atoms with Crippen molar-refractivity contribution in [3.05, 3.63) is 35.4 Å². The van der Waals surface area contributed by atoms with Crippen molar-refractivity contribution in [2.45, 2.75) is 30.9 Å². The zero-order chi connectivity index (χ0) is 13.8. The normalized spacial score (nSPS) is 23.1. The smallest absolute Gasteiger partial charge is 0.237 e. The van der Waals surface area contributed by atoms with E-state index < -0.39 is 0 Å². The molecule has 0 unspecified atom stereocenters. The highest BCUT2D eigenvalue weighted by molar-refractivity contribution is 8.01. The molecule has 104 valence electrons. The third-order valence-corrected chi connectivity index (χ3v) is 5.25. The zero-order valence-corrected chi connectivity index (χ0v) is 12.7. The van der Waals surface area contributed by atoms with E-state index in [4.69, 9.17) is 0 Å². The molecule has 1 aliphatic heterocycles. The number of benzene rings is 1. The number of carbonyl (C=O) groups is 1. The van der Waals surface area contributed by atoms with Gasteiger partial charge >= 0.3 is 0 Å². The van der Waals surface area contributed by atoms with Crippen LogP contribution in [-0.2, 0) is 4.79 Å². The van der Waals surface area contributed by atoms with Crippen LogP contribution >= 0.6 is 11.8 Å². The second-order valence-electron chi connectivity index (χ2n) is 4.97. The van der Waals surface area contributed by atoms with Gasteiger partial charge in [0, 0.05) is 0 Å². The number of quaternary nitrogens is 1. The van der Waals surface area contributed by atoms with Gasteiger partial charge in [0.2, 0.25) is 5.91 Å². The van der Waals surface area contributed by atoms with Crippen molar-refractivity contribution in [1.29, 1.82) is 0 Å². The van der Waals surface area contributed by atoms with Gasteiger partial charge in [0.1, 0.15) is 5.37 Å². The van der Waals surface area contributed by atoms with Crippen LogP contribution in [0.25, 0.3) is 0 Å². The Morgan fingerprint density at radius 1 is 1.37 bits per heavy atom. The van der Waals surface area contributed by atoms with Crippen LogP contribution in [0.4, 0.5) is 0 Å². The SMILES string of the molecule is CC[C@H]1S[C@H](c2ccccc2C)N(CC[NH2+]C)C1=O. The predicted octanol–water partition coefficient (Wildman–Crippen LogP) is 1.54. The molecule has 0 bridgehead atoms. The summed E-state index contributed by atoms with van der Waals surface area (Å²) >= 11 is 1.81. The Labute approximate surface area is 119 Å². The minimum absolute atomic E-state index is 0.126. The monoisotopic (exact) mass is 279 g/mol. The largest absolute Gasteiger partial charge is 0.347 e. The maximum absolute atomic E-state index is 12.4. The summed E-state index contributed by atoms with van der Waals surface area (Å²) in [6, 6.07) is 8.41. The van der Waals surface area contributed by atoms with E-state index in [1.165, 1.54) is 11.1 Å². The first-order valence-electron chi connectivity index (χ1n) is 6.98. The third-order valence-electron chi connectivity index (χ3n) is 3.62. The quantitative estimate of drug-likeness (QED) is 0.888. The molecule has 1 aromatic rings. The van der Waals surface area contributed by atoms with Gasteiger partial charge in [-0.15, -0.1) is 11.8 Å². The minimum atomic E-state index is 0.126. The number of hydrogen-bond acceptors (Lipinski definition) is 2. The highest BCUT2D eigenvalue weighted by Gasteiger charge is 2.40. The molecule has 1 heterocycles. The van der Waals surface area contributed by atoms with E-state index in [9.17, 15) is 4.79 Å². The van der Waals surface area contributed by atoms with Crippen LogP contribution in [0.2, 0.25) is 0 Å². The molecule has 0 radical (unpaired) electrons. The van der Waals surface area contributed by atoms with Crippen molar-refractivity contribution in [2.24, 2.45) is 0 Å². The number of rotatable bonds is 5. The lowest BCUT2D eigenvalue weighted by molar-refractivity contribution is -0.626. The van der Waals surface area contributed by atoms with E-state index >= 15 is 0 Å². The second-order valence-corrected chi connectivity index (χ2v) is 6.26. The Hall–Kier alpha value is -1.00.